The van der Waals surface area contributed by atoms with Gasteiger partial charge in [-0.2, -0.15) is 0 Å². The molecule has 0 aliphatic rings. The van der Waals surface area contributed by atoms with Gasteiger partial charge in [0.1, 0.15) is 5.60 Å². The fourth-order valence-electron chi connectivity index (χ4n) is 2.12. The summed E-state index contributed by atoms with van der Waals surface area (Å²) >= 11 is 6.12. The molecule has 0 aliphatic carbocycles. The molecule has 0 saturated heterocycles. The minimum Gasteiger partial charge on any atom is -0.444 e. The highest BCUT2D eigenvalue weighted by atomic mass is 35.5. The maximum atomic E-state index is 12.4. The fourth-order valence-corrected chi connectivity index (χ4v) is 2.40. The minimum atomic E-state index is -0.754. The summed E-state index contributed by atoms with van der Waals surface area (Å²) in [6.45, 7) is 9.04. The van der Waals surface area contributed by atoms with Gasteiger partial charge in [-0.05, 0) is 46.2 Å². The standard InChI is InChI=1S/C18H25ClN2O4/c1-6-20-16(23)15-12(8-7-9-13(15)19)10-14(22)11(2)21-17(24)25-18(3,4)5/h7-9,11H,6,10H2,1-5H3,(H,20,23)(H,21,24). The first-order valence-electron chi connectivity index (χ1n) is 8.13. The SMILES string of the molecule is CCNC(=O)c1c(Cl)cccc1CC(=O)C(C)NC(=O)OC(C)(C)C. The molecule has 0 aromatic heterocycles. The maximum absolute atomic E-state index is 12.4. The van der Waals surface area contributed by atoms with Crippen LogP contribution in [0.15, 0.2) is 18.2 Å². The molecule has 0 bridgehead atoms. The van der Waals surface area contributed by atoms with Gasteiger partial charge in [-0.1, -0.05) is 23.7 Å². The maximum Gasteiger partial charge on any atom is 0.408 e. The first-order chi connectivity index (χ1) is 11.5. The molecule has 6 nitrogen and oxygen atoms in total. The van der Waals surface area contributed by atoms with Gasteiger partial charge in [0, 0.05) is 13.0 Å². The lowest BCUT2D eigenvalue weighted by molar-refractivity contribution is -0.120. The van der Waals surface area contributed by atoms with Crippen molar-refractivity contribution in [2.75, 3.05) is 6.54 Å². The molecule has 1 rings (SSSR count). The van der Waals surface area contributed by atoms with E-state index in [1.165, 1.54) is 0 Å². The molecule has 0 aliphatic heterocycles. The Morgan fingerprint density at radius 2 is 1.88 bits per heavy atom. The van der Waals surface area contributed by atoms with Crippen LogP contribution < -0.4 is 10.6 Å². The van der Waals surface area contributed by atoms with E-state index in [0.29, 0.717) is 12.1 Å². The number of ketones is 1. The number of ether oxygens (including phenoxy) is 1. The molecule has 1 unspecified atom stereocenters. The van der Waals surface area contributed by atoms with Crippen molar-refractivity contribution in [1.82, 2.24) is 10.6 Å². The van der Waals surface area contributed by atoms with Gasteiger partial charge in [0.05, 0.1) is 16.6 Å². The van der Waals surface area contributed by atoms with Crippen LogP contribution in [0.2, 0.25) is 5.02 Å². The molecule has 1 aromatic rings. The van der Waals surface area contributed by atoms with Crippen LogP contribution in [0.3, 0.4) is 0 Å². The van der Waals surface area contributed by atoms with Crippen molar-refractivity contribution in [2.24, 2.45) is 0 Å². The van der Waals surface area contributed by atoms with E-state index in [1.807, 2.05) is 0 Å². The van der Waals surface area contributed by atoms with E-state index in [0.717, 1.165) is 0 Å². The second-order valence-electron chi connectivity index (χ2n) is 6.64. The molecule has 138 valence electrons. The average Bonchev–Trinajstić information content (AvgIpc) is 2.45. The van der Waals surface area contributed by atoms with Crippen LogP contribution in [-0.2, 0) is 16.0 Å². The van der Waals surface area contributed by atoms with Crippen molar-refractivity contribution in [3.8, 4) is 0 Å². The van der Waals surface area contributed by atoms with E-state index < -0.39 is 17.7 Å². The van der Waals surface area contributed by atoms with Gasteiger partial charge in [0.2, 0.25) is 0 Å². The Labute approximate surface area is 153 Å². The molecular formula is C18H25ClN2O4. The van der Waals surface area contributed by atoms with Crippen molar-refractivity contribution < 1.29 is 19.1 Å². The summed E-state index contributed by atoms with van der Waals surface area (Å²) in [6, 6.07) is 4.20. The first-order valence-corrected chi connectivity index (χ1v) is 8.50. The molecular weight excluding hydrogens is 344 g/mol. The predicted octanol–water partition coefficient (Wildman–Crippen LogP) is 3.11. The van der Waals surface area contributed by atoms with Crippen LogP contribution in [0.5, 0.6) is 0 Å². The number of alkyl carbamates (subject to hydrolysis) is 1. The Kier molecular flexibility index (Phi) is 7.42. The number of halogens is 1. The van der Waals surface area contributed by atoms with E-state index >= 15 is 0 Å². The molecule has 25 heavy (non-hydrogen) atoms. The molecule has 1 aromatic carbocycles. The number of rotatable bonds is 6. The lowest BCUT2D eigenvalue weighted by atomic mass is 9.99. The molecule has 1 atom stereocenters. The number of hydrogen-bond acceptors (Lipinski definition) is 4. The lowest BCUT2D eigenvalue weighted by Gasteiger charge is -2.21. The summed E-state index contributed by atoms with van der Waals surface area (Å²) in [4.78, 5) is 36.4. The zero-order chi connectivity index (χ0) is 19.2. The zero-order valence-corrected chi connectivity index (χ0v) is 16.0. The second kappa shape index (κ2) is 8.85. The van der Waals surface area contributed by atoms with Crippen LogP contribution in [0.1, 0.15) is 50.5 Å². The third-order valence-electron chi connectivity index (χ3n) is 3.25. The van der Waals surface area contributed by atoms with E-state index in [-0.39, 0.29) is 28.7 Å². The number of benzene rings is 1. The Balaban J connectivity index is 2.85. The summed E-state index contributed by atoms with van der Waals surface area (Å²) < 4.78 is 5.13. The third-order valence-corrected chi connectivity index (χ3v) is 3.56. The minimum absolute atomic E-state index is 0.0238. The van der Waals surface area contributed by atoms with E-state index in [4.69, 9.17) is 16.3 Å². The van der Waals surface area contributed by atoms with Crippen molar-refractivity contribution >= 4 is 29.4 Å². The molecule has 7 heteroatoms. The number of amides is 2. The van der Waals surface area contributed by atoms with Gasteiger partial charge in [-0.25, -0.2) is 4.79 Å². The first kappa shape index (κ1) is 21.0. The average molecular weight is 369 g/mol. The van der Waals surface area contributed by atoms with E-state index in [2.05, 4.69) is 10.6 Å². The smallest absolute Gasteiger partial charge is 0.408 e. The number of Topliss-reactive ketones (excluding diaryl/α,β-unsaturated/α-hetero) is 1. The van der Waals surface area contributed by atoms with Gasteiger partial charge in [0.25, 0.3) is 5.91 Å². The van der Waals surface area contributed by atoms with Crippen LogP contribution in [0, 0.1) is 0 Å². The van der Waals surface area contributed by atoms with Crippen LogP contribution in [0.4, 0.5) is 4.79 Å². The quantitative estimate of drug-likeness (QED) is 0.807. The Bertz CT molecular complexity index is 653. The fraction of sp³-hybridized carbons (Fsp3) is 0.500. The van der Waals surface area contributed by atoms with Gasteiger partial charge < -0.3 is 15.4 Å². The van der Waals surface area contributed by atoms with Crippen molar-refractivity contribution in [3.05, 3.63) is 34.3 Å². The molecule has 2 N–H and O–H groups in total. The van der Waals surface area contributed by atoms with Gasteiger partial charge >= 0.3 is 6.09 Å². The highest BCUT2D eigenvalue weighted by molar-refractivity contribution is 6.34. The molecule has 0 saturated carbocycles. The monoisotopic (exact) mass is 368 g/mol. The van der Waals surface area contributed by atoms with Crippen LogP contribution in [0.25, 0.3) is 0 Å². The van der Waals surface area contributed by atoms with E-state index in [9.17, 15) is 14.4 Å². The lowest BCUT2D eigenvalue weighted by Crippen LogP contribution is -2.42. The summed E-state index contributed by atoms with van der Waals surface area (Å²) in [7, 11) is 0. The Morgan fingerprint density at radius 1 is 1.24 bits per heavy atom. The van der Waals surface area contributed by atoms with Crippen molar-refractivity contribution in [3.63, 3.8) is 0 Å². The molecule has 0 spiro atoms. The van der Waals surface area contributed by atoms with Crippen LogP contribution in [-0.4, -0.2) is 36.0 Å². The van der Waals surface area contributed by atoms with Gasteiger partial charge in [-0.3, -0.25) is 9.59 Å². The highest BCUT2D eigenvalue weighted by Gasteiger charge is 2.23. The van der Waals surface area contributed by atoms with Gasteiger partial charge in [0.15, 0.2) is 5.78 Å². The normalized spacial score (nSPS) is 12.2. The number of nitrogens with one attached hydrogen (secondary N) is 2. The Morgan fingerprint density at radius 3 is 2.44 bits per heavy atom. The molecule has 0 heterocycles. The molecule has 2 amide bonds. The summed E-state index contributed by atoms with van der Waals surface area (Å²) in [5, 5.41) is 5.46. The number of carbonyl (C=O) groups excluding carboxylic acids is 3. The summed E-state index contributed by atoms with van der Waals surface area (Å²) in [5.41, 5.74) is 0.149. The molecule has 0 fully saturated rings. The van der Waals surface area contributed by atoms with Crippen molar-refractivity contribution in [2.45, 2.75) is 52.7 Å². The topological polar surface area (TPSA) is 84.5 Å². The van der Waals surface area contributed by atoms with Crippen LogP contribution >= 0.6 is 11.6 Å². The Hall–Kier alpha value is -2.08. The largest absolute Gasteiger partial charge is 0.444 e. The van der Waals surface area contributed by atoms with E-state index in [1.54, 1.807) is 52.8 Å². The number of hydrogen-bond donors (Lipinski definition) is 2. The molecule has 0 radical (unpaired) electrons. The third kappa shape index (κ3) is 6.74. The van der Waals surface area contributed by atoms with Gasteiger partial charge in [-0.15, -0.1) is 0 Å². The second-order valence-corrected chi connectivity index (χ2v) is 7.05. The number of carbonyl (C=O) groups is 3. The van der Waals surface area contributed by atoms with Crippen molar-refractivity contribution in [1.29, 1.82) is 0 Å². The predicted molar refractivity (Wildman–Crippen MR) is 97.0 cm³/mol. The summed E-state index contributed by atoms with van der Waals surface area (Å²) in [5.74, 6) is -0.581. The highest BCUT2D eigenvalue weighted by Crippen LogP contribution is 2.21. The zero-order valence-electron chi connectivity index (χ0n) is 15.2. The summed E-state index contributed by atoms with van der Waals surface area (Å²) in [6.07, 6.45) is -0.687.